The Balaban J connectivity index is 1.79. The van der Waals surface area contributed by atoms with Gasteiger partial charge in [0.15, 0.2) is 5.58 Å². The maximum atomic E-state index is 10.7. The molecule has 1 aliphatic rings. The van der Waals surface area contributed by atoms with E-state index in [4.69, 9.17) is 4.42 Å². The van der Waals surface area contributed by atoms with Crippen molar-refractivity contribution in [1.29, 1.82) is 0 Å². The van der Waals surface area contributed by atoms with Crippen LogP contribution in [0.3, 0.4) is 0 Å². The van der Waals surface area contributed by atoms with Gasteiger partial charge < -0.3 is 4.42 Å². The fourth-order valence-electron chi connectivity index (χ4n) is 2.36. The SMILES string of the molecule is CN(Cc1nc2cc([N+](=O)[O-])ccc2o1)[C@@H]1CCSC1. The Bertz CT molecular complexity index is 637. The molecule has 1 fully saturated rings. The van der Waals surface area contributed by atoms with Crippen molar-refractivity contribution in [3.63, 3.8) is 0 Å². The van der Waals surface area contributed by atoms with E-state index in [9.17, 15) is 10.1 Å². The molecule has 0 amide bonds. The predicted octanol–water partition coefficient (Wildman–Crippen LogP) is 2.67. The highest BCUT2D eigenvalue weighted by Gasteiger charge is 2.21. The number of fused-ring (bicyclic) bond motifs is 1. The third-order valence-corrected chi connectivity index (χ3v) is 4.68. The zero-order valence-corrected chi connectivity index (χ0v) is 11.9. The van der Waals surface area contributed by atoms with E-state index in [0.717, 1.165) is 5.75 Å². The maximum Gasteiger partial charge on any atom is 0.271 e. The molecule has 0 radical (unpaired) electrons. The Hall–Kier alpha value is -1.60. The summed E-state index contributed by atoms with van der Waals surface area (Å²) in [5.41, 5.74) is 1.18. The number of non-ortho nitro benzene ring substituents is 1. The monoisotopic (exact) mass is 293 g/mol. The Morgan fingerprint density at radius 2 is 2.45 bits per heavy atom. The first kappa shape index (κ1) is 13.4. The van der Waals surface area contributed by atoms with Gasteiger partial charge >= 0.3 is 0 Å². The smallest absolute Gasteiger partial charge is 0.271 e. The van der Waals surface area contributed by atoms with Crippen molar-refractivity contribution in [2.45, 2.75) is 19.0 Å². The molecule has 6 nitrogen and oxygen atoms in total. The first-order valence-electron chi connectivity index (χ1n) is 6.45. The van der Waals surface area contributed by atoms with Crippen LogP contribution in [0.5, 0.6) is 0 Å². The molecule has 1 aliphatic heterocycles. The summed E-state index contributed by atoms with van der Waals surface area (Å²) in [5, 5.41) is 10.7. The quantitative estimate of drug-likeness (QED) is 0.637. The van der Waals surface area contributed by atoms with Crippen molar-refractivity contribution in [2.24, 2.45) is 0 Å². The zero-order valence-electron chi connectivity index (χ0n) is 11.1. The first-order valence-corrected chi connectivity index (χ1v) is 7.61. The lowest BCUT2D eigenvalue weighted by atomic mass is 10.2. The average molecular weight is 293 g/mol. The highest BCUT2D eigenvalue weighted by Crippen LogP contribution is 2.25. The van der Waals surface area contributed by atoms with Crippen LogP contribution in [0, 0.1) is 10.1 Å². The average Bonchev–Trinajstić information content (AvgIpc) is 3.06. The summed E-state index contributed by atoms with van der Waals surface area (Å²) < 4.78 is 5.65. The van der Waals surface area contributed by atoms with Gasteiger partial charge in [-0.2, -0.15) is 11.8 Å². The summed E-state index contributed by atoms with van der Waals surface area (Å²) in [4.78, 5) is 16.9. The van der Waals surface area contributed by atoms with Crippen LogP contribution in [0.25, 0.3) is 11.1 Å². The molecule has 0 saturated carbocycles. The molecule has 1 atom stereocenters. The summed E-state index contributed by atoms with van der Waals surface area (Å²) in [5.74, 6) is 2.96. The van der Waals surface area contributed by atoms with Crippen LogP contribution < -0.4 is 0 Å². The van der Waals surface area contributed by atoms with Crippen LogP contribution in [0.15, 0.2) is 22.6 Å². The maximum absolute atomic E-state index is 10.7. The largest absolute Gasteiger partial charge is 0.439 e. The number of hydrogen-bond donors (Lipinski definition) is 0. The molecule has 0 bridgehead atoms. The number of hydrogen-bond acceptors (Lipinski definition) is 6. The zero-order chi connectivity index (χ0) is 14.1. The first-order chi connectivity index (χ1) is 9.63. The third-order valence-electron chi connectivity index (χ3n) is 3.54. The van der Waals surface area contributed by atoms with E-state index in [1.54, 1.807) is 6.07 Å². The van der Waals surface area contributed by atoms with E-state index in [1.807, 2.05) is 11.8 Å². The van der Waals surface area contributed by atoms with E-state index in [2.05, 4.69) is 16.9 Å². The Kier molecular flexibility index (Phi) is 3.62. The van der Waals surface area contributed by atoms with Gasteiger partial charge in [-0.25, -0.2) is 4.98 Å². The van der Waals surface area contributed by atoms with Crippen LogP contribution in [-0.4, -0.2) is 39.4 Å². The molecule has 0 unspecified atom stereocenters. The normalized spacial score (nSPS) is 19.0. The molecule has 2 heterocycles. The topological polar surface area (TPSA) is 72.4 Å². The number of thioether (sulfide) groups is 1. The molecule has 106 valence electrons. The number of nitrogens with zero attached hydrogens (tertiary/aromatic N) is 3. The summed E-state index contributed by atoms with van der Waals surface area (Å²) >= 11 is 1.96. The van der Waals surface area contributed by atoms with Crippen molar-refractivity contribution >= 4 is 28.5 Å². The fourth-order valence-corrected chi connectivity index (χ4v) is 3.66. The molecule has 1 aromatic carbocycles. The molecule has 7 heteroatoms. The van der Waals surface area contributed by atoms with Gasteiger partial charge in [0.25, 0.3) is 5.69 Å². The van der Waals surface area contributed by atoms with E-state index in [1.165, 1.54) is 24.3 Å². The van der Waals surface area contributed by atoms with Gasteiger partial charge in [0, 0.05) is 23.9 Å². The predicted molar refractivity (Wildman–Crippen MR) is 77.9 cm³/mol. The number of nitro groups is 1. The minimum absolute atomic E-state index is 0.0397. The minimum Gasteiger partial charge on any atom is -0.439 e. The van der Waals surface area contributed by atoms with E-state index in [0.29, 0.717) is 29.6 Å². The summed E-state index contributed by atoms with van der Waals surface area (Å²) in [6.07, 6.45) is 1.19. The molecule has 20 heavy (non-hydrogen) atoms. The second-order valence-electron chi connectivity index (χ2n) is 4.95. The van der Waals surface area contributed by atoms with Crippen LogP contribution in [0.4, 0.5) is 5.69 Å². The van der Waals surface area contributed by atoms with Gasteiger partial charge in [0.05, 0.1) is 11.5 Å². The van der Waals surface area contributed by atoms with Gasteiger partial charge in [0.1, 0.15) is 5.52 Å². The Morgan fingerprint density at radius 3 is 3.15 bits per heavy atom. The summed E-state index contributed by atoms with van der Waals surface area (Å²) in [7, 11) is 2.06. The lowest BCUT2D eigenvalue weighted by Crippen LogP contribution is -2.30. The molecular formula is C13H15N3O3S. The van der Waals surface area contributed by atoms with Crippen molar-refractivity contribution in [3.05, 3.63) is 34.2 Å². The minimum atomic E-state index is -0.421. The number of rotatable bonds is 4. The van der Waals surface area contributed by atoms with Gasteiger partial charge in [-0.3, -0.25) is 15.0 Å². The van der Waals surface area contributed by atoms with Gasteiger partial charge in [-0.15, -0.1) is 0 Å². The molecule has 0 aliphatic carbocycles. The van der Waals surface area contributed by atoms with Crippen LogP contribution in [0.2, 0.25) is 0 Å². The molecule has 2 aromatic rings. The third kappa shape index (κ3) is 2.64. The molecule has 1 saturated heterocycles. The van der Waals surface area contributed by atoms with Crippen LogP contribution in [-0.2, 0) is 6.54 Å². The Labute approximate surface area is 120 Å². The van der Waals surface area contributed by atoms with Gasteiger partial charge in [-0.05, 0) is 25.3 Å². The van der Waals surface area contributed by atoms with Crippen molar-refractivity contribution in [3.8, 4) is 0 Å². The van der Waals surface area contributed by atoms with Crippen molar-refractivity contribution < 1.29 is 9.34 Å². The van der Waals surface area contributed by atoms with Gasteiger partial charge in [-0.1, -0.05) is 0 Å². The molecule has 1 aromatic heterocycles. The highest BCUT2D eigenvalue weighted by molar-refractivity contribution is 7.99. The summed E-state index contributed by atoms with van der Waals surface area (Å²) in [6.45, 7) is 0.633. The lowest BCUT2D eigenvalue weighted by Gasteiger charge is -2.21. The van der Waals surface area contributed by atoms with E-state index in [-0.39, 0.29) is 5.69 Å². The standard InChI is InChI=1S/C13H15N3O3S/c1-15(10-4-5-20-8-10)7-13-14-11-6-9(16(17)18)2-3-12(11)19-13/h2-3,6,10H,4-5,7-8H2,1H3/t10-/m1/s1. The van der Waals surface area contributed by atoms with Gasteiger partial charge in [0.2, 0.25) is 5.89 Å². The highest BCUT2D eigenvalue weighted by atomic mass is 32.2. The lowest BCUT2D eigenvalue weighted by molar-refractivity contribution is -0.384. The number of benzene rings is 1. The Morgan fingerprint density at radius 1 is 1.60 bits per heavy atom. The van der Waals surface area contributed by atoms with Crippen molar-refractivity contribution in [1.82, 2.24) is 9.88 Å². The molecule has 0 N–H and O–H groups in total. The van der Waals surface area contributed by atoms with E-state index >= 15 is 0 Å². The molecule has 3 rings (SSSR count). The van der Waals surface area contributed by atoms with Crippen LogP contribution in [0.1, 0.15) is 12.3 Å². The second kappa shape index (κ2) is 5.41. The van der Waals surface area contributed by atoms with E-state index < -0.39 is 4.92 Å². The number of nitro benzene ring substituents is 1. The van der Waals surface area contributed by atoms with Crippen LogP contribution >= 0.6 is 11.8 Å². The summed E-state index contributed by atoms with van der Waals surface area (Å²) in [6, 6.07) is 5.06. The molecular weight excluding hydrogens is 278 g/mol. The number of oxazole rings is 1. The second-order valence-corrected chi connectivity index (χ2v) is 6.10. The molecule has 0 spiro atoms. The number of aromatic nitrogens is 1. The van der Waals surface area contributed by atoms with Crippen molar-refractivity contribution in [2.75, 3.05) is 18.6 Å². The fraction of sp³-hybridized carbons (Fsp3) is 0.462.